The molecule has 2 aromatic carbocycles. The van der Waals surface area contributed by atoms with E-state index in [4.69, 9.17) is 11.6 Å². The van der Waals surface area contributed by atoms with Crippen LogP contribution in [0.25, 0.3) is 6.08 Å². The molecule has 120 valence electrons. The number of carbonyl (C=O) groups is 1. The predicted octanol–water partition coefficient (Wildman–Crippen LogP) is 3.11. The lowest BCUT2D eigenvalue weighted by Crippen LogP contribution is -2.18. The second kappa shape index (κ2) is 7.30. The molecule has 2 aromatic rings. The number of hydrogen-bond donors (Lipinski definition) is 2. The smallest absolute Gasteiger partial charge is 0.255 e. The van der Waals surface area contributed by atoms with Gasteiger partial charge in [-0.1, -0.05) is 41.9 Å². The maximum atomic E-state index is 12.1. The highest BCUT2D eigenvalue weighted by atomic mass is 35.5. The Balaban J connectivity index is 2.21. The van der Waals surface area contributed by atoms with Gasteiger partial charge in [-0.25, -0.2) is 8.42 Å². The van der Waals surface area contributed by atoms with Gasteiger partial charge in [-0.2, -0.15) is 0 Å². The first-order chi connectivity index (χ1) is 10.9. The molecule has 0 heterocycles. The van der Waals surface area contributed by atoms with Gasteiger partial charge in [0.05, 0.1) is 16.0 Å². The van der Waals surface area contributed by atoms with Gasteiger partial charge in [0.25, 0.3) is 15.9 Å². The number of benzene rings is 2. The average Bonchev–Trinajstić information content (AvgIpc) is 2.55. The van der Waals surface area contributed by atoms with Crippen LogP contribution >= 0.6 is 11.6 Å². The summed E-state index contributed by atoms with van der Waals surface area (Å²) >= 11 is 5.93. The summed E-state index contributed by atoms with van der Waals surface area (Å²) in [5, 5.41) is 3.75. The zero-order valence-electron chi connectivity index (χ0n) is 12.3. The minimum atomic E-state index is -3.70. The molecule has 0 bridgehead atoms. The van der Waals surface area contributed by atoms with Gasteiger partial charge in [0.15, 0.2) is 0 Å². The Kier molecular flexibility index (Phi) is 5.41. The normalized spacial score (nSPS) is 11.4. The molecule has 0 spiro atoms. The van der Waals surface area contributed by atoms with E-state index in [1.807, 2.05) is 18.2 Å². The Morgan fingerprint density at radius 1 is 1.13 bits per heavy atom. The molecule has 1 amide bonds. The highest BCUT2D eigenvalue weighted by Gasteiger charge is 2.12. The summed E-state index contributed by atoms with van der Waals surface area (Å²) in [5.74, 6) is -0.393. The summed E-state index contributed by atoms with van der Waals surface area (Å²) in [7, 11) is -2.23. The SMILES string of the molecule is CNC(=O)c1cc(NS(=O)(=O)/C=C/c2ccccc2)ccc1Cl. The standard InChI is InChI=1S/C16H15ClN2O3S/c1-18-16(20)14-11-13(7-8-15(14)17)19-23(21,22)10-9-12-5-3-2-4-6-12/h2-11,19H,1H3,(H,18,20)/b10-9+. The average molecular weight is 351 g/mol. The van der Waals surface area contributed by atoms with E-state index in [1.54, 1.807) is 12.1 Å². The van der Waals surface area contributed by atoms with E-state index >= 15 is 0 Å². The summed E-state index contributed by atoms with van der Waals surface area (Å²) in [4.78, 5) is 11.7. The number of amides is 1. The maximum absolute atomic E-state index is 12.1. The van der Waals surface area contributed by atoms with Crippen molar-refractivity contribution in [2.24, 2.45) is 0 Å². The van der Waals surface area contributed by atoms with Crippen molar-refractivity contribution < 1.29 is 13.2 Å². The molecule has 23 heavy (non-hydrogen) atoms. The van der Waals surface area contributed by atoms with E-state index in [0.717, 1.165) is 11.0 Å². The molecule has 0 fully saturated rings. The number of rotatable bonds is 5. The Morgan fingerprint density at radius 3 is 2.48 bits per heavy atom. The van der Waals surface area contributed by atoms with Crippen molar-refractivity contribution in [3.8, 4) is 0 Å². The van der Waals surface area contributed by atoms with Gasteiger partial charge in [-0.3, -0.25) is 9.52 Å². The van der Waals surface area contributed by atoms with Crippen molar-refractivity contribution in [1.29, 1.82) is 0 Å². The fraction of sp³-hybridized carbons (Fsp3) is 0.0625. The van der Waals surface area contributed by atoms with E-state index in [0.29, 0.717) is 0 Å². The van der Waals surface area contributed by atoms with Crippen molar-refractivity contribution >= 4 is 39.3 Å². The van der Waals surface area contributed by atoms with Crippen LogP contribution in [0.5, 0.6) is 0 Å². The molecule has 0 aliphatic carbocycles. The van der Waals surface area contributed by atoms with Gasteiger partial charge in [-0.15, -0.1) is 0 Å². The van der Waals surface area contributed by atoms with Crippen LogP contribution in [-0.2, 0) is 10.0 Å². The maximum Gasteiger partial charge on any atom is 0.255 e. The highest BCUT2D eigenvalue weighted by molar-refractivity contribution is 7.95. The second-order valence-electron chi connectivity index (χ2n) is 4.63. The van der Waals surface area contributed by atoms with Gasteiger partial charge < -0.3 is 5.32 Å². The lowest BCUT2D eigenvalue weighted by atomic mass is 10.2. The second-order valence-corrected chi connectivity index (χ2v) is 6.61. The zero-order valence-corrected chi connectivity index (χ0v) is 13.9. The third-order valence-electron chi connectivity index (χ3n) is 2.94. The first-order valence-corrected chi connectivity index (χ1v) is 8.61. The van der Waals surface area contributed by atoms with Crippen LogP contribution in [0, 0.1) is 0 Å². The molecule has 0 radical (unpaired) electrons. The van der Waals surface area contributed by atoms with Crippen molar-refractivity contribution in [2.75, 3.05) is 11.8 Å². The van der Waals surface area contributed by atoms with Gasteiger partial charge >= 0.3 is 0 Å². The summed E-state index contributed by atoms with van der Waals surface area (Å²) in [6, 6.07) is 13.4. The lowest BCUT2D eigenvalue weighted by Gasteiger charge is -2.08. The third kappa shape index (κ3) is 4.84. The summed E-state index contributed by atoms with van der Waals surface area (Å²) in [5.41, 5.74) is 1.21. The van der Waals surface area contributed by atoms with Crippen molar-refractivity contribution in [2.45, 2.75) is 0 Å². The molecule has 0 aromatic heterocycles. The number of anilines is 1. The van der Waals surface area contributed by atoms with Crippen molar-refractivity contribution in [3.05, 3.63) is 70.1 Å². The summed E-state index contributed by atoms with van der Waals surface area (Å²) in [6.45, 7) is 0. The molecule has 7 heteroatoms. The molecule has 2 rings (SSSR count). The first kappa shape index (κ1) is 17.1. The minimum Gasteiger partial charge on any atom is -0.355 e. The molecule has 0 saturated carbocycles. The Labute approximate surface area is 140 Å². The summed E-state index contributed by atoms with van der Waals surface area (Å²) < 4.78 is 26.5. The molecule has 5 nitrogen and oxygen atoms in total. The van der Waals surface area contributed by atoms with Crippen LogP contribution in [0.3, 0.4) is 0 Å². The number of halogens is 1. The fourth-order valence-corrected chi connectivity index (χ4v) is 2.89. The fourth-order valence-electron chi connectivity index (χ4n) is 1.83. The summed E-state index contributed by atoms with van der Waals surface area (Å²) in [6.07, 6.45) is 1.48. The van der Waals surface area contributed by atoms with Crippen LogP contribution in [0.15, 0.2) is 53.9 Å². The first-order valence-electron chi connectivity index (χ1n) is 6.69. The quantitative estimate of drug-likeness (QED) is 0.870. The van der Waals surface area contributed by atoms with E-state index in [2.05, 4.69) is 10.0 Å². The van der Waals surface area contributed by atoms with Gasteiger partial charge in [0.2, 0.25) is 0 Å². The van der Waals surface area contributed by atoms with Crippen LogP contribution < -0.4 is 10.0 Å². The monoisotopic (exact) mass is 350 g/mol. The van der Waals surface area contributed by atoms with Crippen LogP contribution in [0.1, 0.15) is 15.9 Å². The van der Waals surface area contributed by atoms with E-state index in [9.17, 15) is 13.2 Å². The Morgan fingerprint density at radius 2 is 1.83 bits per heavy atom. The van der Waals surface area contributed by atoms with Crippen LogP contribution in [0.2, 0.25) is 5.02 Å². The lowest BCUT2D eigenvalue weighted by molar-refractivity contribution is 0.0963. The van der Waals surface area contributed by atoms with Crippen molar-refractivity contribution in [1.82, 2.24) is 5.32 Å². The number of hydrogen-bond acceptors (Lipinski definition) is 3. The molecular formula is C16H15ClN2O3S. The predicted molar refractivity (Wildman–Crippen MR) is 92.9 cm³/mol. The molecular weight excluding hydrogens is 336 g/mol. The molecule has 0 aliphatic rings. The third-order valence-corrected chi connectivity index (χ3v) is 4.28. The van der Waals surface area contributed by atoms with Crippen LogP contribution in [-0.4, -0.2) is 21.4 Å². The number of nitrogens with one attached hydrogen (secondary N) is 2. The molecule has 0 aliphatic heterocycles. The number of sulfonamides is 1. The van der Waals surface area contributed by atoms with Gasteiger partial charge in [-0.05, 0) is 29.8 Å². The number of carbonyl (C=O) groups excluding carboxylic acids is 1. The topological polar surface area (TPSA) is 75.3 Å². The minimum absolute atomic E-state index is 0.196. The van der Waals surface area contributed by atoms with E-state index in [1.165, 1.54) is 31.3 Å². The van der Waals surface area contributed by atoms with E-state index < -0.39 is 15.9 Å². The molecule has 2 N–H and O–H groups in total. The molecule has 0 unspecified atom stereocenters. The Hall–Kier alpha value is -2.31. The molecule has 0 atom stereocenters. The zero-order chi connectivity index (χ0) is 16.9. The van der Waals surface area contributed by atoms with Crippen LogP contribution in [0.4, 0.5) is 5.69 Å². The van der Waals surface area contributed by atoms with Crippen molar-refractivity contribution in [3.63, 3.8) is 0 Å². The highest BCUT2D eigenvalue weighted by Crippen LogP contribution is 2.21. The molecule has 0 saturated heterocycles. The van der Waals surface area contributed by atoms with Gasteiger partial charge in [0.1, 0.15) is 0 Å². The Bertz CT molecular complexity index is 834. The largest absolute Gasteiger partial charge is 0.355 e. The van der Waals surface area contributed by atoms with E-state index in [-0.39, 0.29) is 16.3 Å². The van der Waals surface area contributed by atoms with Gasteiger partial charge in [0, 0.05) is 12.7 Å².